The van der Waals surface area contributed by atoms with Crippen molar-refractivity contribution in [3.63, 3.8) is 0 Å². The van der Waals surface area contributed by atoms with Crippen LogP contribution in [0.3, 0.4) is 0 Å². The van der Waals surface area contributed by atoms with Crippen LogP contribution in [0.2, 0.25) is 0 Å². The van der Waals surface area contributed by atoms with E-state index in [9.17, 15) is 4.79 Å². The van der Waals surface area contributed by atoms with Crippen LogP contribution >= 0.6 is 0 Å². The fourth-order valence-corrected chi connectivity index (χ4v) is 1.96. The molecule has 0 saturated heterocycles. The van der Waals surface area contributed by atoms with Crippen LogP contribution in [-0.2, 0) is 9.63 Å². The van der Waals surface area contributed by atoms with Crippen molar-refractivity contribution >= 4 is 5.91 Å². The molecule has 1 unspecified atom stereocenters. The number of nitrogens with zero attached hydrogens (tertiary/aromatic N) is 1. The maximum Gasteiger partial charge on any atom is 0.291 e. The van der Waals surface area contributed by atoms with Crippen LogP contribution < -0.4 is 5.48 Å². The SMILES string of the molecule is CONC(=O)C1=CC2CC=CC=C2N1C. The summed E-state index contributed by atoms with van der Waals surface area (Å²) in [5.74, 6) is 0.132. The van der Waals surface area contributed by atoms with Gasteiger partial charge in [0.25, 0.3) is 5.91 Å². The van der Waals surface area contributed by atoms with Crippen molar-refractivity contribution in [2.45, 2.75) is 6.42 Å². The maximum absolute atomic E-state index is 11.6. The van der Waals surface area contributed by atoms with E-state index in [1.54, 1.807) is 0 Å². The molecule has 0 aromatic carbocycles. The molecule has 0 aromatic heterocycles. The first kappa shape index (κ1) is 9.98. The second kappa shape index (κ2) is 3.90. The molecule has 80 valence electrons. The molecule has 2 aliphatic rings. The molecule has 1 aliphatic carbocycles. The highest BCUT2D eigenvalue weighted by atomic mass is 16.6. The molecule has 0 radical (unpaired) electrons. The lowest BCUT2D eigenvalue weighted by molar-refractivity contribution is -0.128. The van der Waals surface area contributed by atoms with E-state index in [1.807, 2.05) is 30.2 Å². The van der Waals surface area contributed by atoms with Gasteiger partial charge in [0, 0.05) is 18.7 Å². The molecular formula is C11H14N2O2. The average Bonchev–Trinajstić information content (AvgIpc) is 2.57. The fourth-order valence-electron chi connectivity index (χ4n) is 1.96. The molecule has 0 spiro atoms. The Morgan fingerprint density at radius 2 is 2.47 bits per heavy atom. The number of hydrogen-bond acceptors (Lipinski definition) is 3. The second-order valence-electron chi connectivity index (χ2n) is 3.61. The molecule has 0 bridgehead atoms. The first-order chi connectivity index (χ1) is 7.24. The first-order valence-electron chi connectivity index (χ1n) is 4.89. The standard InChI is InChI=1S/C11H14N2O2/c1-13-9-6-4-3-5-8(9)7-10(13)11(14)12-15-2/h3-4,6-8H,5H2,1-2H3,(H,12,14). The van der Waals surface area contributed by atoms with Crippen molar-refractivity contribution in [1.82, 2.24) is 10.4 Å². The monoisotopic (exact) mass is 206 g/mol. The Balaban J connectivity index is 2.19. The van der Waals surface area contributed by atoms with Crippen LogP contribution in [0.25, 0.3) is 0 Å². The Labute approximate surface area is 88.8 Å². The third kappa shape index (κ3) is 1.68. The number of allylic oxidation sites excluding steroid dienone is 4. The van der Waals surface area contributed by atoms with E-state index in [1.165, 1.54) is 12.8 Å². The molecule has 2 rings (SSSR count). The van der Waals surface area contributed by atoms with Crippen LogP contribution in [0, 0.1) is 5.92 Å². The molecule has 0 fully saturated rings. The summed E-state index contributed by atoms with van der Waals surface area (Å²) in [6, 6.07) is 0. The Bertz CT molecular complexity index is 369. The number of fused-ring (bicyclic) bond motifs is 1. The van der Waals surface area contributed by atoms with Crippen molar-refractivity contribution in [3.8, 4) is 0 Å². The lowest BCUT2D eigenvalue weighted by atomic mass is 9.99. The third-order valence-electron chi connectivity index (χ3n) is 2.71. The molecule has 15 heavy (non-hydrogen) atoms. The minimum Gasteiger partial charge on any atom is -0.343 e. The molecule has 1 amide bonds. The van der Waals surface area contributed by atoms with Gasteiger partial charge in [0.15, 0.2) is 0 Å². The minimum atomic E-state index is -0.199. The van der Waals surface area contributed by atoms with Crippen LogP contribution in [0.5, 0.6) is 0 Å². The number of carbonyl (C=O) groups is 1. The molecule has 1 heterocycles. The lowest BCUT2D eigenvalue weighted by Gasteiger charge is -2.21. The molecule has 4 heteroatoms. The Hall–Kier alpha value is -1.55. The quantitative estimate of drug-likeness (QED) is 0.684. The van der Waals surface area contributed by atoms with E-state index >= 15 is 0 Å². The van der Waals surface area contributed by atoms with Crippen LogP contribution in [-0.4, -0.2) is 25.0 Å². The van der Waals surface area contributed by atoms with Gasteiger partial charge >= 0.3 is 0 Å². The number of rotatable bonds is 2. The summed E-state index contributed by atoms with van der Waals surface area (Å²) < 4.78 is 0. The fraction of sp³-hybridized carbons (Fsp3) is 0.364. The first-order valence-corrected chi connectivity index (χ1v) is 4.89. The van der Waals surface area contributed by atoms with E-state index in [0.29, 0.717) is 11.6 Å². The van der Waals surface area contributed by atoms with Gasteiger partial charge in [-0.3, -0.25) is 9.63 Å². The minimum absolute atomic E-state index is 0.199. The van der Waals surface area contributed by atoms with Gasteiger partial charge in [-0.1, -0.05) is 12.2 Å². The summed E-state index contributed by atoms with van der Waals surface area (Å²) >= 11 is 0. The Morgan fingerprint density at radius 1 is 1.67 bits per heavy atom. The Morgan fingerprint density at radius 3 is 3.13 bits per heavy atom. The highest BCUT2D eigenvalue weighted by Crippen LogP contribution is 2.33. The van der Waals surface area contributed by atoms with Gasteiger partial charge in [0.1, 0.15) is 5.70 Å². The number of likely N-dealkylation sites (N-methyl/N-ethyl adjacent to an activating group) is 1. The van der Waals surface area contributed by atoms with E-state index < -0.39 is 0 Å². The normalized spacial score (nSPS) is 23.3. The van der Waals surface area contributed by atoms with Gasteiger partial charge in [-0.15, -0.1) is 0 Å². The maximum atomic E-state index is 11.6. The predicted octanol–water partition coefficient (Wildman–Crippen LogP) is 0.953. The zero-order valence-corrected chi connectivity index (χ0v) is 8.86. The molecule has 0 aromatic rings. The van der Waals surface area contributed by atoms with Crippen molar-refractivity contribution in [3.05, 3.63) is 35.7 Å². The summed E-state index contributed by atoms with van der Waals surface area (Å²) in [4.78, 5) is 18.1. The van der Waals surface area contributed by atoms with E-state index in [4.69, 9.17) is 0 Å². The zero-order valence-electron chi connectivity index (χ0n) is 8.86. The Kier molecular flexibility index (Phi) is 2.60. The number of nitrogens with one attached hydrogen (secondary N) is 1. The molecule has 4 nitrogen and oxygen atoms in total. The van der Waals surface area contributed by atoms with E-state index in [-0.39, 0.29) is 5.91 Å². The number of carbonyl (C=O) groups excluding carboxylic acids is 1. The van der Waals surface area contributed by atoms with Gasteiger partial charge in [-0.2, -0.15) is 0 Å². The van der Waals surface area contributed by atoms with Crippen LogP contribution in [0.1, 0.15) is 6.42 Å². The average molecular weight is 206 g/mol. The van der Waals surface area contributed by atoms with Gasteiger partial charge in [0.2, 0.25) is 0 Å². The highest BCUT2D eigenvalue weighted by Gasteiger charge is 2.30. The molecule has 0 saturated carbocycles. The third-order valence-corrected chi connectivity index (χ3v) is 2.71. The van der Waals surface area contributed by atoms with Crippen molar-refractivity contribution in [2.24, 2.45) is 5.92 Å². The molecule has 1 aliphatic heterocycles. The number of hydrogen-bond donors (Lipinski definition) is 1. The number of hydroxylamine groups is 1. The summed E-state index contributed by atoms with van der Waals surface area (Å²) in [5, 5.41) is 0. The molecule has 1 atom stereocenters. The summed E-state index contributed by atoms with van der Waals surface area (Å²) in [6.07, 6.45) is 9.10. The lowest BCUT2D eigenvalue weighted by Crippen LogP contribution is -2.29. The molecule has 1 N–H and O–H groups in total. The van der Waals surface area contributed by atoms with Gasteiger partial charge in [0.05, 0.1) is 7.11 Å². The van der Waals surface area contributed by atoms with Crippen molar-refractivity contribution in [1.29, 1.82) is 0 Å². The van der Waals surface area contributed by atoms with Crippen molar-refractivity contribution < 1.29 is 9.63 Å². The highest BCUT2D eigenvalue weighted by molar-refractivity contribution is 5.93. The summed E-state index contributed by atoms with van der Waals surface area (Å²) in [7, 11) is 3.33. The summed E-state index contributed by atoms with van der Waals surface area (Å²) in [5.41, 5.74) is 4.15. The van der Waals surface area contributed by atoms with Crippen LogP contribution in [0.15, 0.2) is 35.7 Å². The summed E-state index contributed by atoms with van der Waals surface area (Å²) in [6.45, 7) is 0. The largest absolute Gasteiger partial charge is 0.343 e. The second-order valence-corrected chi connectivity index (χ2v) is 3.61. The number of amides is 1. The topological polar surface area (TPSA) is 41.6 Å². The smallest absolute Gasteiger partial charge is 0.291 e. The van der Waals surface area contributed by atoms with Gasteiger partial charge in [-0.25, -0.2) is 5.48 Å². The van der Waals surface area contributed by atoms with E-state index in [0.717, 1.165) is 6.42 Å². The zero-order chi connectivity index (χ0) is 10.8. The predicted molar refractivity (Wildman–Crippen MR) is 56.3 cm³/mol. The van der Waals surface area contributed by atoms with Crippen molar-refractivity contribution in [2.75, 3.05) is 14.2 Å². The van der Waals surface area contributed by atoms with Crippen LogP contribution in [0.4, 0.5) is 0 Å². The van der Waals surface area contributed by atoms with E-state index in [2.05, 4.69) is 16.4 Å². The van der Waals surface area contributed by atoms with Gasteiger partial charge in [-0.05, 0) is 18.6 Å². The van der Waals surface area contributed by atoms with Gasteiger partial charge < -0.3 is 4.90 Å². The molecular weight excluding hydrogens is 192 g/mol.